The van der Waals surface area contributed by atoms with Crippen LogP contribution in [0.25, 0.3) is 11.3 Å². The normalized spacial score (nSPS) is 20.9. The number of aliphatic hydroxyl groups excluding tert-OH is 1. The van der Waals surface area contributed by atoms with Crippen LogP contribution in [0.4, 0.5) is 13.2 Å². The van der Waals surface area contributed by atoms with Gasteiger partial charge in [-0.3, -0.25) is 4.98 Å². The number of sulfonamides is 1. The zero-order valence-electron chi connectivity index (χ0n) is 13.6. The minimum absolute atomic E-state index is 0.262. The molecule has 0 amide bonds. The zero-order valence-corrected chi connectivity index (χ0v) is 14.4. The predicted molar refractivity (Wildman–Crippen MR) is 88.1 cm³/mol. The molecule has 26 heavy (non-hydrogen) atoms. The van der Waals surface area contributed by atoms with Crippen molar-refractivity contribution in [3.8, 4) is 11.3 Å². The first-order valence-electron chi connectivity index (χ1n) is 8.07. The summed E-state index contributed by atoms with van der Waals surface area (Å²) in [6.45, 7) is 0. The summed E-state index contributed by atoms with van der Waals surface area (Å²) < 4.78 is 68.4. The molecule has 1 heterocycles. The fourth-order valence-electron chi connectivity index (χ4n) is 2.95. The lowest BCUT2D eigenvalue weighted by molar-refractivity contribution is 0.120. The van der Waals surface area contributed by atoms with Crippen LogP contribution in [-0.2, 0) is 10.0 Å². The van der Waals surface area contributed by atoms with Crippen LogP contribution in [0.5, 0.6) is 0 Å². The van der Waals surface area contributed by atoms with Crippen molar-refractivity contribution in [2.24, 2.45) is 0 Å². The van der Waals surface area contributed by atoms with E-state index in [1.807, 2.05) is 0 Å². The van der Waals surface area contributed by atoms with Crippen molar-refractivity contribution in [1.29, 1.82) is 0 Å². The fraction of sp³-hybridized carbons (Fsp3) is 0.353. The van der Waals surface area contributed by atoms with Crippen LogP contribution in [0, 0.1) is 17.5 Å². The van der Waals surface area contributed by atoms with Crippen molar-refractivity contribution in [3.63, 3.8) is 0 Å². The van der Waals surface area contributed by atoms with Crippen molar-refractivity contribution in [2.75, 3.05) is 0 Å². The van der Waals surface area contributed by atoms with E-state index in [1.54, 1.807) is 0 Å². The maximum Gasteiger partial charge on any atom is 0.240 e. The smallest absolute Gasteiger partial charge is 0.240 e. The van der Waals surface area contributed by atoms with E-state index in [0.717, 1.165) is 24.4 Å². The number of pyridine rings is 1. The highest BCUT2D eigenvalue weighted by molar-refractivity contribution is 7.89. The number of rotatable bonds is 4. The Labute approximate surface area is 148 Å². The minimum atomic E-state index is -3.96. The van der Waals surface area contributed by atoms with Crippen LogP contribution in [0.2, 0.25) is 0 Å². The van der Waals surface area contributed by atoms with Gasteiger partial charge in [0.2, 0.25) is 10.0 Å². The highest BCUT2D eigenvalue weighted by Crippen LogP contribution is 2.27. The summed E-state index contributed by atoms with van der Waals surface area (Å²) in [4.78, 5) is 3.22. The predicted octanol–water partition coefficient (Wildman–Crippen LogP) is 2.75. The second-order valence-electron chi connectivity index (χ2n) is 6.25. The molecule has 1 aromatic heterocycles. The molecule has 1 aromatic carbocycles. The third kappa shape index (κ3) is 4.05. The second kappa shape index (κ2) is 7.34. The van der Waals surface area contributed by atoms with Gasteiger partial charge in [-0.1, -0.05) is 0 Å². The quantitative estimate of drug-likeness (QED) is 0.847. The van der Waals surface area contributed by atoms with E-state index in [4.69, 9.17) is 0 Å². The number of hydrogen-bond acceptors (Lipinski definition) is 4. The maximum atomic E-state index is 14.4. The molecule has 0 unspecified atom stereocenters. The van der Waals surface area contributed by atoms with Crippen LogP contribution in [0.1, 0.15) is 25.7 Å². The van der Waals surface area contributed by atoms with E-state index in [2.05, 4.69) is 9.71 Å². The van der Waals surface area contributed by atoms with Gasteiger partial charge >= 0.3 is 0 Å². The molecule has 1 aliphatic rings. The molecule has 0 atom stereocenters. The average molecular weight is 386 g/mol. The summed E-state index contributed by atoms with van der Waals surface area (Å²) in [6, 6.07) is 3.26. The number of benzene rings is 1. The van der Waals surface area contributed by atoms with Crippen LogP contribution < -0.4 is 4.72 Å². The van der Waals surface area contributed by atoms with Gasteiger partial charge in [0, 0.05) is 17.7 Å². The largest absolute Gasteiger partial charge is 0.393 e. The Balaban J connectivity index is 1.84. The molecule has 1 aliphatic carbocycles. The number of nitrogens with zero attached hydrogens (tertiary/aromatic N) is 1. The first kappa shape index (κ1) is 18.8. The summed E-state index contributed by atoms with van der Waals surface area (Å²) in [5, 5.41) is 9.47. The second-order valence-corrected chi connectivity index (χ2v) is 7.97. The molecule has 2 aromatic rings. The van der Waals surface area contributed by atoms with Crippen molar-refractivity contribution < 1.29 is 26.7 Å². The number of aliphatic hydroxyl groups is 1. The van der Waals surface area contributed by atoms with E-state index >= 15 is 0 Å². The van der Waals surface area contributed by atoms with Crippen molar-refractivity contribution in [3.05, 3.63) is 47.9 Å². The van der Waals surface area contributed by atoms with Crippen molar-refractivity contribution >= 4 is 10.0 Å². The van der Waals surface area contributed by atoms with Crippen molar-refractivity contribution in [2.45, 2.75) is 42.7 Å². The highest BCUT2D eigenvalue weighted by Gasteiger charge is 2.26. The third-order valence-corrected chi connectivity index (χ3v) is 5.85. The van der Waals surface area contributed by atoms with Crippen LogP contribution in [-0.4, -0.2) is 30.7 Å². The SMILES string of the molecule is O=S(=O)(N[C@H]1CC[C@@H](O)CC1)c1ccc(-c2ncc(F)cc2F)c(F)c1. The zero-order chi connectivity index (χ0) is 18.9. The maximum absolute atomic E-state index is 14.4. The van der Waals surface area contributed by atoms with Gasteiger partial charge in [-0.05, 0) is 43.9 Å². The molecular formula is C17H17F3N2O3S. The van der Waals surface area contributed by atoms with Crippen molar-refractivity contribution in [1.82, 2.24) is 9.71 Å². The molecule has 1 saturated carbocycles. The van der Waals surface area contributed by atoms with E-state index in [9.17, 15) is 26.7 Å². The molecule has 0 saturated heterocycles. The Kier molecular flexibility index (Phi) is 5.31. The van der Waals surface area contributed by atoms with Crippen LogP contribution in [0.3, 0.4) is 0 Å². The molecule has 1 fully saturated rings. The first-order valence-corrected chi connectivity index (χ1v) is 9.56. The number of halogens is 3. The van der Waals surface area contributed by atoms with Crippen LogP contribution in [0.15, 0.2) is 35.4 Å². The van der Waals surface area contributed by atoms with Gasteiger partial charge in [-0.2, -0.15) is 0 Å². The number of hydrogen-bond donors (Lipinski definition) is 2. The number of aromatic nitrogens is 1. The van der Waals surface area contributed by atoms with E-state index in [-0.39, 0.29) is 16.5 Å². The standard InChI is InChI=1S/C17H17F3N2O3S/c18-10-7-16(20)17(21-9-10)14-6-5-13(8-15(14)19)26(24,25)22-11-1-3-12(23)4-2-11/h5-9,11-12,22-23H,1-4H2/t11-,12+. The average Bonchev–Trinajstić information content (AvgIpc) is 2.57. The van der Waals surface area contributed by atoms with Gasteiger partial charge in [-0.15, -0.1) is 0 Å². The van der Waals surface area contributed by atoms with Gasteiger partial charge < -0.3 is 5.11 Å². The molecule has 0 aliphatic heterocycles. The highest BCUT2D eigenvalue weighted by atomic mass is 32.2. The molecule has 9 heteroatoms. The summed E-state index contributed by atoms with van der Waals surface area (Å²) in [5.41, 5.74) is -0.663. The molecule has 140 valence electrons. The monoisotopic (exact) mass is 386 g/mol. The molecule has 5 nitrogen and oxygen atoms in total. The molecule has 0 radical (unpaired) electrons. The lowest BCUT2D eigenvalue weighted by atomic mass is 9.94. The summed E-state index contributed by atoms with van der Waals surface area (Å²) >= 11 is 0. The number of nitrogens with one attached hydrogen (secondary N) is 1. The van der Waals surface area contributed by atoms with E-state index in [0.29, 0.717) is 31.7 Å². The summed E-state index contributed by atoms with van der Waals surface area (Å²) in [7, 11) is -3.96. The Morgan fingerprint density at radius 1 is 1.04 bits per heavy atom. The first-order chi connectivity index (χ1) is 12.3. The molecule has 0 spiro atoms. The van der Waals surface area contributed by atoms with Gasteiger partial charge in [0.1, 0.15) is 17.3 Å². The topological polar surface area (TPSA) is 79.3 Å². The molecule has 3 rings (SSSR count). The molecular weight excluding hydrogens is 369 g/mol. The Bertz CT molecular complexity index is 913. The third-order valence-electron chi connectivity index (χ3n) is 4.33. The van der Waals surface area contributed by atoms with E-state index < -0.39 is 39.3 Å². The fourth-order valence-corrected chi connectivity index (χ4v) is 4.27. The van der Waals surface area contributed by atoms with Gasteiger partial charge in [0.25, 0.3) is 0 Å². The Hall–Kier alpha value is -1.97. The van der Waals surface area contributed by atoms with Crippen LogP contribution >= 0.6 is 0 Å². The Morgan fingerprint density at radius 3 is 2.35 bits per heavy atom. The summed E-state index contributed by atoms with van der Waals surface area (Å²) in [6.07, 6.45) is 2.30. The molecule has 0 bridgehead atoms. The minimum Gasteiger partial charge on any atom is -0.393 e. The molecule has 2 N–H and O–H groups in total. The van der Waals surface area contributed by atoms with Gasteiger partial charge in [-0.25, -0.2) is 26.3 Å². The van der Waals surface area contributed by atoms with Gasteiger partial charge in [0.05, 0.1) is 17.2 Å². The summed E-state index contributed by atoms with van der Waals surface area (Å²) in [5.74, 6) is -2.92. The lowest BCUT2D eigenvalue weighted by Crippen LogP contribution is -2.38. The van der Waals surface area contributed by atoms with E-state index in [1.165, 1.54) is 0 Å². The lowest BCUT2D eigenvalue weighted by Gasteiger charge is -2.26. The van der Waals surface area contributed by atoms with Gasteiger partial charge in [0.15, 0.2) is 5.82 Å². The Morgan fingerprint density at radius 2 is 1.73 bits per heavy atom.